The van der Waals surface area contributed by atoms with Crippen molar-refractivity contribution in [2.45, 2.75) is 48.5 Å². The monoisotopic (exact) mass is 914 g/mol. The summed E-state index contributed by atoms with van der Waals surface area (Å²) in [7, 11) is 0. The molecule has 0 heterocycles. The van der Waals surface area contributed by atoms with E-state index in [-0.39, 0.29) is 0 Å². The lowest BCUT2D eigenvalue weighted by atomic mass is 9.90. The molecule has 0 bridgehead atoms. The van der Waals surface area contributed by atoms with E-state index >= 15 is 0 Å². The summed E-state index contributed by atoms with van der Waals surface area (Å²) < 4.78 is 0. The Morgan fingerprint density at radius 1 is 0.225 bits per heavy atom. The van der Waals surface area contributed by atoms with Crippen LogP contribution in [0.4, 0.5) is 34.1 Å². The van der Waals surface area contributed by atoms with Crippen molar-refractivity contribution < 1.29 is 0 Å². The third kappa shape index (κ3) is 7.50. The Morgan fingerprint density at radius 2 is 0.521 bits per heavy atom. The molecule has 13 aromatic carbocycles. The summed E-state index contributed by atoms with van der Waals surface area (Å²) in [6, 6.07) is 83.8. The van der Waals surface area contributed by atoms with Gasteiger partial charge in [0.25, 0.3) is 0 Å². The van der Waals surface area contributed by atoms with Crippen molar-refractivity contribution >= 4 is 120 Å². The van der Waals surface area contributed by atoms with Crippen LogP contribution < -0.4 is 9.80 Å². The molecule has 0 amide bonds. The Balaban J connectivity index is 0.00000134. The number of hydrogen-bond acceptors (Lipinski definition) is 2. The SMILES string of the molecule is CC.CC.Cc1ccc2c(N(c3cccc4ccccc34)c3c4ccccc4cc4ccccc34)c3cc(C)c(C)cc3c(N(c3cccc4ccccc34)c3c4ccccc4cc4ccccc34)c2c1. The minimum Gasteiger partial charge on any atom is -0.307 e. The van der Waals surface area contributed by atoms with E-state index in [1.54, 1.807) is 0 Å². The van der Waals surface area contributed by atoms with Crippen LogP contribution in [0.5, 0.6) is 0 Å². The summed E-state index contributed by atoms with van der Waals surface area (Å²) in [5, 5.41) is 19.2. The summed E-state index contributed by atoms with van der Waals surface area (Å²) in [4.78, 5) is 5.26. The van der Waals surface area contributed by atoms with E-state index in [4.69, 9.17) is 0 Å². The molecule has 344 valence electrons. The molecule has 71 heavy (non-hydrogen) atoms. The molecule has 0 saturated heterocycles. The standard InChI is InChI=1S/C65H46N2.2C2H6/c1-41-34-35-56-57(36-41)65(67(61-33-17-25-45-19-5-11-27-51(45)61)63-54-30-14-8-22-48(54)40-49-23-9-15-31-55(49)63)59-38-43(3)42(2)37-58(59)64(56)66(60-32-16-24-44-18-4-10-26-50(44)60)62-52-28-12-6-20-46(52)39-47-21-7-13-29-53(47)62;2*1-2/h4-40H,1-3H3;2*1-2H3. The normalized spacial score (nSPS) is 11.3. The maximum absolute atomic E-state index is 2.63. The maximum Gasteiger partial charge on any atom is 0.0620 e. The molecule has 2 nitrogen and oxygen atoms in total. The number of anilines is 6. The lowest BCUT2D eigenvalue weighted by Gasteiger charge is -2.35. The van der Waals surface area contributed by atoms with Crippen LogP contribution in [0.25, 0.3) is 86.2 Å². The van der Waals surface area contributed by atoms with Crippen molar-refractivity contribution in [3.63, 3.8) is 0 Å². The van der Waals surface area contributed by atoms with Crippen molar-refractivity contribution in [3.05, 3.63) is 241 Å². The number of rotatable bonds is 6. The number of hydrogen-bond donors (Lipinski definition) is 0. The quantitative estimate of drug-likeness (QED) is 0.121. The topological polar surface area (TPSA) is 6.48 Å². The molecule has 0 aliphatic carbocycles. The van der Waals surface area contributed by atoms with Gasteiger partial charge in [-0.05, 0) is 107 Å². The van der Waals surface area contributed by atoms with E-state index in [1.165, 1.54) is 120 Å². The molecular formula is C69H58N2. The van der Waals surface area contributed by atoms with Gasteiger partial charge in [0, 0.05) is 53.9 Å². The largest absolute Gasteiger partial charge is 0.307 e. The zero-order valence-corrected chi connectivity index (χ0v) is 41.8. The van der Waals surface area contributed by atoms with Gasteiger partial charge in [-0.25, -0.2) is 0 Å². The van der Waals surface area contributed by atoms with Crippen molar-refractivity contribution in [1.29, 1.82) is 0 Å². The Hall–Kier alpha value is -8.46. The molecule has 0 unspecified atom stereocenters. The summed E-state index contributed by atoms with van der Waals surface area (Å²) in [5.41, 5.74) is 10.7. The zero-order chi connectivity index (χ0) is 48.8. The molecule has 13 aromatic rings. The van der Waals surface area contributed by atoms with Gasteiger partial charge < -0.3 is 9.80 Å². The van der Waals surface area contributed by atoms with E-state index in [9.17, 15) is 0 Å². The van der Waals surface area contributed by atoms with Gasteiger partial charge in [0.2, 0.25) is 0 Å². The van der Waals surface area contributed by atoms with Crippen molar-refractivity contribution in [2.24, 2.45) is 0 Å². The van der Waals surface area contributed by atoms with E-state index in [0.717, 1.165) is 17.1 Å². The molecule has 0 aliphatic rings. The average molecular weight is 915 g/mol. The summed E-state index contributed by atoms with van der Waals surface area (Å²) >= 11 is 0. The molecule has 0 fully saturated rings. The highest BCUT2D eigenvalue weighted by molar-refractivity contribution is 6.29. The van der Waals surface area contributed by atoms with Crippen LogP contribution >= 0.6 is 0 Å². The third-order valence-corrected chi connectivity index (χ3v) is 14.2. The zero-order valence-electron chi connectivity index (χ0n) is 41.8. The molecule has 0 saturated carbocycles. The average Bonchev–Trinajstić information content (AvgIpc) is 3.42. The lowest BCUT2D eigenvalue weighted by molar-refractivity contribution is 1.32. The van der Waals surface area contributed by atoms with Gasteiger partial charge in [0.15, 0.2) is 0 Å². The van der Waals surface area contributed by atoms with E-state index < -0.39 is 0 Å². The molecule has 0 atom stereocenters. The highest BCUT2D eigenvalue weighted by Gasteiger charge is 2.30. The molecule has 0 radical (unpaired) electrons. The molecule has 0 spiro atoms. The maximum atomic E-state index is 2.63. The predicted molar refractivity (Wildman–Crippen MR) is 313 cm³/mol. The Bertz CT molecular complexity index is 4040. The van der Waals surface area contributed by atoms with E-state index in [2.05, 4.69) is 255 Å². The van der Waals surface area contributed by atoms with Gasteiger partial charge in [0.05, 0.1) is 34.1 Å². The van der Waals surface area contributed by atoms with Crippen molar-refractivity contribution in [2.75, 3.05) is 9.80 Å². The minimum atomic E-state index is 1.14. The second-order valence-electron chi connectivity index (χ2n) is 18.2. The van der Waals surface area contributed by atoms with Crippen LogP contribution in [-0.4, -0.2) is 0 Å². The molecule has 0 N–H and O–H groups in total. The Kier molecular flexibility index (Phi) is 11.9. The first-order chi connectivity index (χ1) is 35.0. The summed E-state index contributed by atoms with van der Waals surface area (Å²) in [6.07, 6.45) is 0. The predicted octanol–water partition coefficient (Wildman–Crippen LogP) is 20.8. The highest BCUT2D eigenvalue weighted by atomic mass is 15.2. The molecule has 2 heteroatoms. The van der Waals surface area contributed by atoms with Gasteiger partial charge >= 0.3 is 0 Å². The lowest BCUT2D eigenvalue weighted by Crippen LogP contribution is -2.16. The van der Waals surface area contributed by atoms with Crippen LogP contribution in [0.2, 0.25) is 0 Å². The third-order valence-electron chi connectivity index (χ3n) is 14.2. The van der Waals surface area contributed by atoms with Crippen LogP contribution in [0.15, 0.2) is 224 Å². The number of fused-ring (bicyclic) bond motifs is 8. The molecule has 0 aromatic heterocycles. The first-order valence-electron chi connectivity index (χ1n) is 25.3. The van der Waals surface area contributed by atoms with Crippen molar-refractivity contribution in [3.8, 4) is 0 Å². The highest BCUT2D eigenvalue weighted by Crippen LogP contribution is 2.56. The Morgan fingerprint density at radius 3 is 0.915 bits per heavy atom. The number of nitrogens with zero attached hydrogens (tertiary/aromatic N) is 2. The first kappa shape index (κ1) is 45.0. The number of benzene rings is 13. The van der Waals surface area contributed by atoms with Crippen molar-refractivity contribution in [1.82, 2.24) is 0 Å². The molecular weight excluding hydrogens is 857 g/mol. The fraction of sp³-hybridized carbons (Fsp3) is 0.101. The van der Waals surface area contributed by atoms with Gasteiger partial charge in [-0.15, -0.1) is 0 Å². The van der Waals surface area contributed by atoms with Crippen LogP contribution in [0.1, 0.15) is 44.4 Å². The molecule has 0 aliphatic heterocycles. The minimum absolute atomic E-state index is 1.14. The fourth-order valence-corrected chi connectivity index (χ4v) is 11.0. The van der Waals surface area contributed by atoms with Crippen LogP contribution in [0.3, 0.4) is 0 Å². The second-order valence-corrected chi connectivity index (χ2v) is 18.2. The summed E-state index contributed by atoms with van der Waals surface area (Å²) in [5.74, 6) is 0. The fourth-order valence-electron chi connectivity index (χ4n) is 11.0. The molecule has 13 rings (SSSR count). The summed E-state index contributed by atoms with van der Waals surface area (Å²) in [6.45, 7) is 14.8. The smallest absolute Gasteiger partial charge is 0.0620 e. The van der Waals surface area contributed by atoms with Gasteiger partial charge in [-0.3, -0.25) is 0 Å². The Labute approximate surface area is 417 Å². The van der Waals surface area contributed by atoms with E-state index in [0.29, 0.717) is 0 Å². The second kappa shape index (κ2) is 18.8. The van der Waals surface area contributed by atoms with E-state index in [1.807, 2.05) is 27.7 Å². The number of aryl methyl sites for hydroxylation is 3. The van der Waals surface area contributed by atoms with Crippen LogP contribution in [0, 0.1) is 20.8 Å². The van der Waals surface area contributed by atoms with Crippen LogP contribution in [-0.2, 0) is 0 Å². The van der Waals surface area contributed by atoms with Gasteiger partial charge in [-0.1, -0.05) is 215 Å². The first-order valence-corrected chi connectivity index (χ1v) is 25.3. The van der Waals surface area contributed by atoms with Gasteiger partial charge in [-0.2, -0.15) is 0 Å². The van der Waals surface area contributed by atoms with Gasteiger partial charge in [0.1, 0.15) is 0 Å².